The molecule has 0 saturated heterocycles. The number of allylic oxidation sites excluding steroid dienone is 2. The molecule has 5 aliphatic carbocycles. The molecule has 0 aliphatic heterocycles. The lowest BCUT2D eigenvalue weighted by Gasteiger charge is -2.72. The molecule has 33 heavy (non-hydrogen) atoms. The summed E-state index contributed by atoms with van der Waals surface area (Å²) in [6.45, 7) is 16.9. The summed E-state index contributed by atoms with van der Waals surface area (Å²) < 4.78 is 0. The Balaban J connectivity index is 1.63. The van der Waals surface area contributed by atoms with Gasteiger partial charge in [0.2, 0.25) is 0 Å². The Morgan fingerprint density at radius 1 is 0.879 bits per heavy atom. The number of aliphatic hydroxyl groups excluding tert-OH is 1. The average Bonchev–Trinajstić information content (AvgIpc) is 2.71. The molecule has 5 rings (SSSR count). The van der Waals surface area contributed by atoms with Crippen molar-refractivity contribution in [3.8, 4) is 0 Å². The third-order valence-electron chi connectivity index (χ3n) is 13.4. The van der Waals surface area contributed by atoms with E-state index in [1.165, 1.54) is 18.4 Å². The van der Waals surface area contributed by atoms with Crippen LogP contribution in [0.5, 0.6) is 0 Å². The van der Waals surface area contributed by atoms with Crippen LogP contribution in [-0.4, -0.2) is 22.3 Å². The molecule has 0 heterocycles. The van der Waals surface area contributed by atoms with Crippen molar-refractivity contribution in [2.75, 3.05) is 0 Å². The number of hydrogen-bond acceptors (Lipinski definition) is 2. The second-order valence-electron chi connectivity index (χ2n) is 14.7. The Bertz CT molecular complexity index is 889. The van der Waals surface area contributed by atoms with Gasteiger partial charge in [-0.25, -0.2) is 0 Å². The number of aliphatic hydroxyl groups is 1. The zero-order valence-electron chi connectivity index (χ0n) is 22.3. The summed E-state index contributed by atoms with van der Waals surface area (Å²) in [5, 5.41) is 21.5. The lowest BCUT2D eigenvalue weighted by molar-refractivity contribution is -0.211. The molecule has 0 spiro atoms. The number of carbonyl (C=O) groups is 1. The monoisotopic (exact) mass is 456 g/mol. The molecule has 3 nitrogen and oxygen atoms in total. The van der Waals surface area contributed by atoms with Crippen LogP contribution >= 0.6 is 0 Å². The quantitative estimate of drug-likeness (QED) is 0.409. The molecule has 3 heteroatoms. The van der Waals surface area contributed by atoms with Crippen molar-refractivity contribution in [1.29, 1.82) is 0 Å². The molecule has 0 amide bonds. The average molecular weight is 457 g/mol. The van der Waals surface area contributed by atoms with Gasteiger partial charge in [0.25, 0.3) is 0 Å². The van der Waals surface area contributed by atoms with Crippen molar-refractivity contribution in [2.45, 2.75) is 119 Å². The van der Waals surface area contributed by atoms with Crippen molar-refractivity contribution in [3.05, 3.63) is 11.6 Å². The Morgan fingerprint density at radius 2 is 1.58 bits per heavy atom. The highest BCUT2D eigenvalue weighted by atomic mass is 16.4. The van der Waals surface area contributed by atoms with Crippen molar-refractivity contribution < 1.29 is 15.0 Å². The first-order valence-electron chi connectivity index (χ1n) is 13.8. The van der Waals surface area contributed by atoms with Crippen molar-refractivity contribution >= 4 is 5.97 Å². The first-order chi connectivity index (χ1) is 15.2. The van der Waals surface area contributed by atoms with E-state index in [1.54, 1.807) is 0 Å². The van der Waals surface area contributed by atoms with Crippen LogP contribution in [-0.2, 0) is 4.79 Å². The minimum Gasteiger partial charge on any atom is -0.481 e. The van der Waals surface area contributed by atoms with Crippen molar-refractivity contribution in [2.24, 2.45) is 50.2 Å². The van der Waals surface area contributed by atoms with Gasteiger partial charge in [-0.05, 0) is 104 Å². The third-order valence-corrected chi connectivity index (χ3v) is 13.4. The number of carboxylic acid groups (broad SMARTS) is 1. The summed E-state index contributed by atoms with van der Waals surface area (Å²) in [4.78, 5) is 12.9. The van der Waals surface area contributed by atoms with Gasteiger partial charge in [0.05, 0.1) is 11.5 Å². The topological polar surface area (TPSA) is 57.5 Å². The van der Waals surface area contributed by atoms with E-state index < -0.39 is 11.4 Å². The first-order valence-corrected chi connectivity index (χ1v) is 13.8. The summed E-state index contributed by atoms with van der Waals surface area (Å²) in [5.74, 6) is 1.19. The van der Waals surface area contributed by atoms with Crippen molar-refractivity contribution in [3.63, 3.8) is 0 Å². The van der Waals surface area contributed by atoms with E-state index in [-0.39, 0.29) is 33.2 Å². The Kier molecular flexibility index (Phi) is 4.99. The number of hydrogen-bond donors (Lipinski definition) is 2. The highest BCUT2D eigenvalue weighted by Crippen LogP contribution is 2.77. The van der Waals surface area contributed by atoms with E-state index in [4.69, 9.17) is 0 Å². The predicted octanol–water partition coefficient (Wildman–Crippen LogP) is 7.23. The maximum Gasteiger partial charge on any atom is 0.310 e. The van der Waals surface area contributed by atoms with Crippen LogP contribution < -0.4 is 0 Å². The van der Waals surface area contributed by atoms with E-state index in [1.807, 2.05) is 0 Å². The summed E-state index contributed by atoms with van der Waals surface area (Å²) in [6.07, 6.45) is 12.6. The van der Waals surface area contributed by atoms with Crippen LogP contribution in [0, 0.1) is 50.2 Å². The van der Waals surface area contributed by atoms with Gasteiger partial charge in [-0.1, -0.05) is 60.1 Å². The van der Waals surface area contributed by atoms with Crippen LogP contribution in [0.15, 0.2) is 11.6 Å². The minimum absolute atomic E-state index is 0.0327. The lowest BCUT2D eigenvalue weighted by Crippen LogP contribution is -2.66. The van der Waals surface area contributed by atoms with Gasteiger partial charge >= 0.3 is 5.97 Å². The maximum absolute atomic E-state index is 12.9. The second kappa shape index (κ2) is 6.89. The van der Waals surface area contributed by atoms with Crippen LogP contribution in [0.4, 0.5) is 0 Å². The maximum atomic E-state index is 12.9. The highest BCUT2D eigenvalue weighted by molar-refractivity contribution is 5.77. The van der Waals surface area contributed by atoms with Gasteiger partial charge in [0.15, 0.2) is 0 Å². The van der Waals surface area contributed by atoms with Crippen LogP contribution in [0.25, 0.3) is 0 Å². The highest BCUT2D eigenvalue weighted by Gasteiger charge is 2.71. The molecule has 0 bridgehead atoms. The van der Waals surface area contributed by atoms with E-state index in [2.05, 4.69) is 54.5 Å². The molecule has 0 aromatic carbocycles. The third kappa shape index (κ3) is 2.64. The number of fused-ring (bicyclic) bond motifs is 7. The Morgan fingerprint density at radius 3 is 2.24 bits per heavy atom. The molecule has 2 N–H and O–H groups in total. The molecule has 4 saturated carbocycles. The van der Waals surface area contributed by atoms with Gasteiger partial charge in [-0.3, -0.25) is 4.79 Å². The molecular formula is C30H48O3. The molecule has 4 fully saturated rings. The fourth-order valence-corrected chi connectivity index (χ4v) is 11.2. The Hall–Kier alpha value is -0.830. The zero-order chi connectivity index (χ0) is 24.2. The van der Waals surface area contributed by atoms with Crippen LogP contribution in [0.1, 0.15) is 113 Å². The zero-order valence-corrected chi connectivity index (χ0v) is 22.3. The summed E-state index contributed by atoms with van der Waals surface area (Å²) in [6, 6.07) is 0. The van der Waals surface area contributed by atoms with Gasteiger partial charge in [-0.15, -0.1) is 0 Å². The fraction of sp³-hybridized carbons (Fsp3) is 0.900. The number of rotatable bonds is 1. The van der Waals surface area contributed by atoms with E-state index in [0.717, 1.165) is 51.4 Å². The van der Waals surface area contributed by atoms with Gasteiger partial charge in [0.1, 0.15) is 0 Å². The van der Waals surface area contributed by atoms with Gasteiger partial charge in [0, 0.05) is 5.41 Å². The normalized spacial score (nSPS) is 55.3. The largest absolute Gasteiger partial charge is 0.481 e. The standard InChI is InChI=1S/C30H48O3/c1-19-10-15-30(24(32)33)17-16-28(6)22(29(30,7)18-19)9-8-21-26(4)13-12-23(31)25(2,3)20(26)11-14-27(21,28)5/h9,19-21,23,31H,8,10-18H2,1-7H3,(H,32,33). The summed E-state index contributed by atoms with van der Waals surface area (Å²) >= 11 is 0. The summed E-state index contributed by atoms with van der Waals surface area (Å²) in [7, 11) is 0. The molecule has 0 aromatic rings. The second-order valence-corrected chi connectivity index (χ2v) is 14.7. The summed E-state index contributed by atoms with van der Waals surface area (Å²) in [5.41, 5.74) is 1.14. The first kappa shape index (κ1) is 23.9. The van der Waals surface area contributed by atoms with Gasteiger partial charge in [-0.2, -0.15) is 0 Å². The molecule has 9 unspecified atom stereocenters. The van der Waals surface area contributed by atoms with Crippen LogP contribution in [0.2, 0.25) is 0 Å². The Labute approximate surface area is 201 Å². The number of aliphatic carboxylic acids is 1. The molecule has 0 radical (unpaired) electrons. The molecule has 0 aromatic heterocycles. The van der Waals surface area contributed by atoms with Crippen LogP contribution in [0.3, 0.4) is 0 Å². The molecule has 5 aliphatic rings. The SMILES string of the molecule is CC1CCC2(C(=O)O)CCC3(C)C(=CCC4C5(C)CCC(O)C(C)(C)C5CCC43C)C2(C)C1. The van der Waals surface area contributed by atoms with E-state index >= 15 is 0 Å². The van der Waals surface area contributed by atoms with Crippen molar-refractivity contribution in [1.82, 2.24) is 0 Å². The smallest absolute Gasteiger partial charge is 0.310 e. The molecular weight excluding hydrogens is 408 g/mol. The minimum atomic E-state index is -0.591. The predicted molar refractivity (Wildman–Crippen MR) is 133 cm³/mol. The van der Waals surface area contributed by atoms with E-state index in [0.29, 0.717) is 17.8 Å². The van der Waals surface area contributed by atoms with Gasteiger partial charge < -0.3 is 10.2 Å². The van der Waals surface area contributed by atoms with E-state index in [9.17, 15) is 15.0 Å². The molecule has 186 valence electrons. The number of carboxylic acids is 1. The lowest BCUT2D eigenvalue weighted by atomic mass is 9.32. The molecule has 9 atom stereocenters. The fourth-order valence-electron chi connectivity index (χ4n) is 11.2.